The molecule has 0 radical (unpaired) electrons. The van der Waals surface area contributed by atoms with E-state index in [1.54, 1.807) is 17.1 Å². The molecule has 0 unspecified atom stereocenters. The van der Waals surface area contributed by atoms with Gasteiger partial charge in [0.1, 0.15) is 11.6 Å². The summed E-state index contributed by atoms with van der Waals surface area (Å²) in [5.74, 6) is -1.22. The van der Waals surface area contributed by atoms with Crippen LogP contribution < -0.4 is 5.32 Å². The lowest BCUT2D eigenvalue weighted by molar-refractivity contribution is -0.126. The fraction of sp³-hybridized carbons (Fsp3) is 0.250. The third-order valence-corrected chi connectivity index (χ3v) is 4.86. The summed E-state index contributed by atoms with van der Waals surface area (Å²) in [6.45, 7) is 1.22. The molecule has 0 bridgehead atoms. The maximum Gasteiger partial charge on any atom is 0.246 e. The lowest BCUT2D eigenvalue weighted by Gasteiger charge is -2.32. The van der Waals surface area contributed by atoms with Crippen molar-refractivity contribution in [3.8, 4) is 0 Å². The number of carbonyl (C=O) groups excluding carboxylic acids is 1. The van der Waals surface area contributed by atoms with Crippen molar-refractivity contribution in [2.45, 2.75) is 18.9 Å². The Bertz CT molecular complexity index is 780. The van der Waals surface area contributed by atoms with Gasteiger partial charge in [-0.1, -0.05) is 28.1 Å². The summed E-state index contributed by atoms with van der Waals surface area (Å²) in [6.07, 6.45) is 4.85. The van der Waals surface area contributed by atoms with Crippen molar-refractivity contribution in [1.29, 1.82) is 0 Å². The molecule has 1 fully saturated rings. The van der Waals surface area contributed by atoms with Gasteiger partial charge in [-0.3, -0.25) is 4.79 Å². The molecule has 1 aliphatic rings. The van der Waals surface area contributed by atoms with Gasteiger partial charge in [-0.25, -0.2) is 8.78 Å². The Labute approximate surface area is 159 Å². The smallest absolute Gasteiger partial charge is 0.246 e. The van der Waals surface area contributed by atoms with Gasteiger partial charge < -0.3 is 10.2 Å². The SMILES string of the molecule is O=C(C=Cc1ccc(Br)cc1)N1CCC(Nc2cc(F)cc(F)c2)CC1. The van der Waals surface area contributed by atoms with E-state index in [2.05, 4.69) is 21.2 Å². The number of carbonyl (C=O) groups is 1. The Hall–Kier alpha value is -2.21. The Balaban J connectivity index is 1.51. The third kappa shape index (κ3) is 5.14. The van der Waals surface area contributed by atoms with E-state index >= 15 is 0 Å². The number of hydrogen-bond donors (Lipinski definition) is 1. The first-order valence-corrected chi connectivity index (χ1v) is 9.24. The van der Waals surface area contributed by atoms with Crippen LogP contribution in [0.4, 0.5) is 14.5 Å². The average molecular weight is 421 g/mol. The minimum absolute atomic E-state index is 0.0248. The van der Waals surface area contributed by atoms with Gasteiger partial charge in [0, 0.05) is 41.4 Å². The van der Waals surface area contributed by atoms with Crippen molar-refractivity contribution in [2.75, 3.05) is 18.4 Å². The van der Waals surface area contributed by atoms with E-state index in [4.69, 9.17) is 0 Å². The van der Waals surface area contributed by atoms with Crippen LogP contribution in [0.25, 0.3) is 6.08 Å². The monoisotopic (exact) mass is 420 g/mol. The highest BCUT2D eigenvalue weighted by molar-refractivity contribution is 9.10. The second kappa shape index (κ2) is 8.45. The lowest BCUT2D eigenvalue weighted by Crippen LogP contribution is -2.41. The van der Waals surface area contributed by atoms with Crippen LogP contribution in [-0.4, -0.2) is 29.9 Å². The molecule has 3 rings (SSSR count). The summed E-state index contributed by atoms with van der Waals surface area (Å²) in [6, 6.07) is 11.2. The molecule has 0 aromatic heterocycles. The summed E-state index contributed by atoms with van der Waals surface area (Å²) >= 11 is 3.38. The molecule has 1 amide bonds. The predicted molar refractivity (Wildman–Crippen MR) is 103 cm³/mol. The number of benzene rings is 2. The van der Waals surface area contributed by atoms with Crippen LogP contribution in [0.1, 0.15) is 18.4 Å². The molecule has 1 heterocycles. The first-order valence-electron chi connectivity index (χ1n) is 8.45. The molecule has 1 N–H and O–H groups in total. The molecule has 0 atom stereocenters. The molecule has 0 saturated carbocycles. The highest BCUT2D eigenvalue weighted by Gasteiger charge is 2.21. The molecule has 2 aromatic rings. The third-order valence-electron chi connectivity index (χ3n) is 4.33. The fourth-order valence-corrected chi connectivity index (χ4v) is 3.23. The maximum absolute atomic E-state index is 13.3. The molecule has 0 aliphatic carbocycles. The van der Waals surface area contributed by atoms with Gasteiger partial charge in [0.05, 0.1) is 0 Å². The molecule has 2 aromatic carbocycles. The topological polar surface area (TPSA) is 32.3 Å². The number of rotatable bonds is 4. The molecule has 3 nitrogen and oxygen atoms in total. The largest absolute Gasteiger partial charge is 0.382 e. The van der Waals surface area contributed by atoms with E-state index < -0.39 is 11.6 Å². The zero-order valence-corrected chi connectivity index (χ0v) is 15.7. The Kier molecular flexibility index (Phi) is 6.04. The van der Waals surface area contributed by atoms with Crippen molar-refractivity contribution in [1.82, 2.24) is 4.90 Å². The number of nitrogens with one attached hydrogen (secondary N) is 1. The Morgan fingerprint density at radius 1 is 1.08 bits per heavy atom. The lowest BCUT2D eigenvalue weighted by atomic mass is 10.0. The molecule has 6 heteroatoms. The first-order chi connectivity index (χ1) is 12.5. The van der Waals surface area contributed by atoms with E-state index in [1.807, 2.05) is 24.3 Å². The summed E-state index contributed by atoms with van der Waals surface area (Å²) in [5.41, 5.74) is 1.40. The summed E-state index contributed by atoms with van der Waals surface area (Å²) in [7, 11) is 0. The quantitative estimate of drug-likeness (QED) is 0.717. The molecule has 26 heavy (non-hydrogen) atoms. The van der Waals surface area contributed by atoms with Crippen molar-refractivity contribution >= 4 is 33.6 Å². The van der Waals surface area contributed by atoms with Crippen LogP contribution >= 0.6 is 15.9 Å². The standard InChI is InChI=1S/C20H19BrF2N2O/c21-15-4-1-14(2-5-15)3-6-20(26)25-9-7-18(8-10-25)24-19-12-16(22)11-17(23)13-19/h1-6,11-13,18,24H,7-10H2. The van der Waals surface area contributed by atoms with Crippen LogP contribution in [0.15, 0.2) is 53.0 Å². The van der Waals surface area contributed by atoms with Gasteiger partial charge in [-0.05, 0) is 48.7 Å². The number of amides is 1. The molecule has 0 spiro atoms. The number of halogens is 3. The van der Waals surface area contributed by atoms with Crippen LogP contribution in [-0.2, 0) is 4.79 Å². The zero-order chi connectivity index (χ0) is 18.5. The predicted octanol–water partition coefficient (Wildman–Crippen LogP) is 4.84. The fourth-order valence-electron chi connectivity index (χ4n) is 2.96. The Morgan fingerprint density at radius 2 is 1.69 bits per heavy atom. The first kappa shape index (κ1) is 18.6. The number of hydrogen-bond acceptors (Lipinski definition) is 2. The normalized spacial score (nSPS) is 15.4. The highest BCUT2D eigenvalue weighted by Crippen LogP contribution is 2.19. The number of likely N-dealkylation sites (tertiary alicyclic amines) is 1. The van der Waals surface area contributed by atoms with E-state index in [1.165, 1.54) is 12.1 Å². The molecular formula is C20H19BrF2N2O. The molecule has 1 saturated heterocycles. The van der Waals surface area contributed by atoms with Gasteiger partial charge in [-0.15, -0.1) is 0 Å². The van der Waals surface area contributed by atoms with Gasteiger partial charge in [-0.2, -0.15) is 0 Å². The van der Waals surface area contributed by atoms with Crippen molar-refractivity contribution in [3.05, 3.63) is 70.2 Å². The van der Waals surface area contributed by atoms with E-state index in [0.717, 1.165) is 28.9 Å². The van der Waals surface area contributed by atoms with E-state index in [0.29, 0.717) is 18.8 Å². The minimum Gasteiger partial charge on any atom is -0.382 e. The van der Waals surface area contributed by atoms with Gasteiger partial charge in [0.15, 0.2) is 0 Å². The summed E-state index contributed by atoms with van der Waals surface area (Å²) in [5, 5.41) is 3.14. The number of anilines is 1. The number of nitrogens with zero attached hydrogens (tertiary/aromatic N) is 1. The van der Waals surface area contributed by atoms with E-state index in [9.17, 15) is 13.6 Å². The second-order valence-corrected chi connectivity index (χ2v) is 7.20. The van der Waals surface area contributed by atoms with Crippen LogP contribution in [0.3, 0.4) is 0 Å². The summed E-state index contributed by atoms with van der Waals surface area (Å²) in [4.78, 5) is 14.1. The summed E-state index contributed by atoms with van der Waals surface area (Å²) < 4.78 is 27.5. The van der Waals surface area contributed by atoms with Crippen LogP contribution in [0.2, 0.25) is 0 Å². The van der Waals surface area contributed by atoms with Gasteiger partial charge in [0.25, 0.3) is 0 Å². The zero-order valence-electron chi connectivity index (χ0n) is 14.1. The van der Waals surface area contributed by atoms with E-state index in [-0.39, 0.29) is 11.9 Å². The van der Waals surface area contributed by atoms with Crippen molar-refractivity contribution in [3.63, 3.8) is 0 Å². The van der Waals surface area contributed by atoms with Gasteiger partial charge >= 0.3 is 0 Å². The second-order valence-electron chi connectivity index (χ2n) is 6.29. The minimum atomic E-state index is -0.599. The molecule has 136 valence electrons. The average Bonchev–Trinajstić information content (AvgIpc) is 2.61. The number of piperidine rings is 1. The van der Waals surface area contributed by atoms with Crippen molar-refractivity contribution < 1.29 is 13.6 Å². The van der Waals surface area contributed by atoms with Crippen LogP contribution in [0.5, 0.6) is 0 Å². The Morgan fingerprint density at radius 3 is 2.31 bits per heavy atom. The van der Waals surface area contributed by atoms with Crippen molar-refractivity contribution in [2.24, 2.45) is 0 Å². The van der Waals surface area contributed by atoms with Crippen LogP contribution in [0, 0.1) is 11.6 Å². The molecule has 1 aliphatic heterocycles. The van der Waals surface area contributed by atoms with Gasteiger partial charge in [0.2, 0.25) is 5.91 Å². The molecular weight excluding hydrogens is 402 g/mol. The maximum atomic E-state index is 13.3. The highest BCUT2D eigenvalue weighted by atomic mass is 79.9.